The summed E-state index contributed by atoms with van der Waals surface area (Å²) in [6.45, 7) is 5.77. The van der Waals surface area contributed by atoms with Gasteiger partial charge in [-0.2, -0.15) is 4.39 Å². The zero-order valence-corrected chi connectivity index (χ0v) is 21.4. The molecule has 204 valence electrons. The quantitative estimate of drug-likeness (QED) is 0.519. The number of carbonyl (C=O) groups excluding carboxylic acids is 3. The standard InChI is InChI=1S/C27H33F3O7/c1-24(2)36-18(12-31)23(34)35-22(30)21(33)27(37-24)10-6-15-13-11-16(28)19-20(29)17(32)7-8-25(19,3)14(13)5-9-26(15,27)4/h7-8,13-16,18,22,31H,5-6,9-12H2,1-4H3/t13-,14+,15+,16+,18?,22?,25-,26+,27+/m1/s1. The maximum Gasteiger partial charge on any atom is 0.340 e. The number of carbonyl (C=O) groups is 3. The fraction of sp³-hybridized carbons (Fsp3) is 0.741. The summed E-state index contributed by atoms with van der Waals surface area (Å²) >= 11 is 0. The number of fused-ring (bicyclic) bond motifs is 6. The van der Waals surface area contributed by atoms with E-state index in [0.717, 1.165) is 0 Å². The van der Waals surface area contributed by atoms with Crippen LogP contribution in [-0.4, -0.2) is 59.3 Å². The van der Waals surface area contributed by atoms with E-state index in [2.05, 4.69) is 0 Å². The molecular weight excluding hydrogens is 493 g/mol. The normalized spacial score (nSPS) is 47.5. The molecule has 0 aromatic rings. The summed E-state index contributed by atoms with van der Waals surface area (Å²) in [5, 5.41) is 9.58. The molecule has 1 aliphatic heterocycles. The van der Waals surface area contributed by atoms with E-state index in [9.17, 15) is 23.9 Å². The topological polar surface area (TPSA) is 99.1 Å². The smallest absolute Gasteiger partial charge is 0.340 e. The van der Waals surface area contributed by atoms with Gasteiger partial charge in [-0.1, -0.05) is 19.9 Å². The van der Waals surface area contributed by atoms with Gasteiger partial charge in [0.05, 0.1) is 6.61 Å². The van der Waals surface area contributed by atoms with Crippen LogP contribution in [0, 0.1) is 28.6 Å². The van der Waals surface area contributed by atoms with Crippen LogP contribution in [0.1, 0.15) is 59.8 Å². The highest BCUT2D eigenvalue weighted by atomic mass is 19.1. The second-order valence-corrected chi connectivity index (χ2v) is 12.0. The molecule has 2 unspecified atom stereocenters. The van der Waals surface area contributed by atoms with E-state index in [4.69, 9.17) is 14.2 Å². The summed E-state index contributed by atoms with van der Waals surface area (Å²) in [6, 6.07) is 0. The predicted molar refractivity (Wildman–Crippen MR) is 123 cm³/mol. The molecule has 5 aliphatic rings. The number of ketones is 2. The minimum atomic E-state index is -2.62. The van der Waals surface area contributed by atoms with Crippen molar-refractivity contribution in [1.29, 1.82) is 0 Å². The third kappa shape index (κ3) is 3.61. The molecular formula is C27H33F3O7. The van der Waals surface area contributed by atoms with Crippen LogP contribution in [0.4, 0.5) is 13.2 Å². The Kier molecular flexibility index (Phi) is 6.09. The Labute approximate surface area is 213 Å². The molecule has 37 heavy (non-hydrogen) atoms. The van der Waals surface area contributed by atoms with Gasteiger partial charge in [0.25, 0.3) is 0 Å². The summed E-state index contributed by atoms with van der Waals surface area (Å²) in [6.07, 6.45) is -1.71. The van der Waals surface area contributed by atoms with E-state index < -0.39 is 70.8 Å². The maximum absolute atomic E-state index is 15.6. The number of Topliss-reactive ketones (excluding diaryl/α,β-unsaturated/α-hetero) is 1. The first kappa shape index (κ1) is 26.6. The van der Waals surface area contributed by atoms with E-state index in [1.54, 1.807) is 13.0 Å². The first-order valence-corrected chi connectivity index (χ1v) is 12.9. The average molecular weight is 527 g/mol. The number of ether oxygens (including phenoxy) is 3. The first-order chi connectivity index (χ1) is 17.2. The highest BCUT2D eigenvalue weighted by Gasteiger charge is 2.71. The second kappa shape index (κ2) is 8.48. The van der Waals surface area contributed by atoms with Crippen LogP contribution in [0.25, 0.3) is 0 Å². The molecule has 7 nitrogen and oxygen atoms in total. The SMILES string of the molecule is CC1(C)OC(CO)C(=O)OC(F)C(=O)[C@]2(CC[C@H]3[C@@H]4C[C@H](F)C5=C(F)C(=O)C=C[C@]5(C)[C@H]4CC[C@@]32C)O1. The van der Waals surface area contributed by atoms with Crippen LogP contribution in [0.3, 0.4) is 0 Å². The predicted octanol–water partition coefficient (Wildman–Crippen LogP) is 3.83. The Hall–Kier alpha value is -2.04. The fourth-order valence-electron chi connectivity index (χ4n) is 8.28. The molecule has 0 radical (unpaired) electrons. The van der Waals surface area contributed by atoms with Crippen LogP contribution in [0.15, 0.2) is 23.6 Å². The van der Waals surface area contributed by atoms with Crippen molar-refractivity contribution in [2.24, 2.45) is 28.6 Å². The number of hydrogen-bond acceptors (Lipinski definition) is 7. The van der Waals surface area contributed by atoms with Crippen LogP contribution in [0.2, 0.25) is 0 Å². The molecule has 0 bridgehead atoms. The molecule has 4 aliphatic carbocycles. The molecule has 1 saturated heterocycles. The van der Waals surface area contributed by atoms with Gasteiger partial charge in [-0.15, -0.1) is 0 Å². The molecule has 1 heterocycles. The zero-order chi connectivity index (χ0) is 27.1. The first-order valence-electron chi connectivity index (χ1n) is 12.9. The Morgan fingerprint density at radius 1 is 1.05 bits per heavy atom. The molecule has 0 amide bonds. The average Bonchev–Trinajstić information content (AvgIpc) is 3.12. The molecule has 0 aromatic carbocycles. The molecule has 0 aromatic heterocycles. The molecule has 1 spiro atoms. The number of rotatable bonds is 1. The Morgan fingerprint density at radius 2 is 1.73 bits per heavy atom. The van der Waals surface area contributed by atoms with Crippen LogP contribution < -0.4 is 0 Å². The van der Waals surface area contributed by atoms with Gasteiger partial charge in [-0.3, -0.25) is 9.59 Å². The monoisotopic (exact) mass is 526 g/mol. The number of alkyl halides is 2. The number of cyclic esters (lactones) is 1. The minimum Gasteiger partial charge on any atom is -0.421 e. The lowest BCUT2D eigenvalue weighted by Gasteiger charge is -2.59. The van der Waals surface area contributed by atoms with Crippen molar-refractivity contribution in [3.63, 3.8) is 0 Å². The Morgan fingerprint density at radius 3 is 2.41 bits per heavy atom. The van der Waals surface area contributed by atoms with Crippen LogP contribution >= 0.6 is 0 Å². The van der Waals surface area contributed by atoms with Gasteiger partial charge in [0.1, 0.15) is 11.8 Å². The van der Waals surface area contributed by atoms with E-state index in [0.29, 0.717) is 19.3 Å². The lowest BCUT2D eigenvalue weighted by molar-refractivity contribution is -0.301. The van der Waals surface area contributed by atoms with E-state index in [1.807, 2.05) is 6.92 Å². The van der Waals surface area contributed by atoms with Crippen LogP contribution in [0.5, 0.6) is 0 Å². The number of aliphatic hydroxyl groups excluding tert-OH is 1. The van der Waals surface area contributed by atoms with Gasteiger partial charge in [-0.05, 0) is 69.8 Å². The van der Waals surface area contributed by atoms with Gasteiger partial charge < -0.3 is 19.3 Å². The van der Waals surface area contributed by atoms with Crippen molar-refractivity contribution in [2.45, 2.75) is 89.8 Å². The highest BCUT2D eigenvalue weighted by Crippen LogP contribution is 2.69. The van der Waals surface area contributed by atoms with Crippen molar-refractivity contribution in [1.82, 2.24) is 0 Å². The van der Waals surface area contributed by atoms with Crippen molar-refractivity contribution < 1.29 is 46.9 Å². The van der Waals surface area contributed by atoms with E-state index >= 15 is 8.78 Å². The molecule has 5 rings (SSSR count). The molecule has 1 N–H and O–H groups in total. The van der Waals surface area contributed by atoms with Crippen molar-refractivity contribution in [3.8, 4) is 0 Å². The second-order valence-electron chi connectivity index (χ2n) is 12.0. The summed E-state index contributed by atoms with van der Waals surface area (Å²) < 4.78 is 62.4. The Balaban J connectivity index is 1.56. The minimum absolute atomic E-state index is 0.0187. The molecule has 4 fully saturated rings. The summed E-state index contributed by atoms with van der Waals surface area (Å²) in [5.41, 5.74) is -3.79. The third-order valence-corrected chi connectivity index (χ3v) is 9.83. The number of esters is 1. The summed E-state index contributed by atoms with van der Waals surface area (Å²) in [7, 11) is 0. The van der Waals surface area contributed by atoms with Gasteiger partial charge in [0, 0.05) is 16.4 Å². The molecule has 10 heteroatoms. The molecule has 3 saturated carbocycles. The van der Waals surface area contributed by atoms with Crippen molar-refractivity contribution in [3.05, 3.63) is 23.6 Å². The summed E-state index contributed by atoms with van der Waals surface area (Å²) in [4.78, 5) is 38.0. The lowest BCUT2D eigenvalue weighted by Crippen LogP contribution is -2.62. The highest BCUT2D eigenvalue weighted by molar-refractivity contribution is 6.04. The van der Waals surface area contributed by atoms with Gasteiger partial charge >= 0.3 is 12.3 Å². The van der Waals surface area contributed by atoms with Crippen molar-refractivity contribution >= 4 is 17.5 Å². The zero-order valence-electron chi connectivity index (χ0n) is 21.4. The van der Waals surface area contributed by atoms with Crippen LogP contribution in [-0.2, 0) is 28.6 Å². The lowest BCUT2D eigenvalue weighted by atomic mass is 9.46. The fourth-order valence-corrected chi connectivity index (χ4v) is 8.28. The Bertz CT molecular complexity index is 1100. The van der Waals surface area contributed by atoms with E-state index in [1.165, 1.54) is 19.9 Å². The van der Waals surface area contributed by atoms with Gasteiger partial charge in [0.15, 0.2) is 17.7 Å². The number of halogens is 3. The maximum atomic E-state index is 15.6. The number of hydrogen-bond donors (Lipinski definition) is 1. The van der Waals surface area contributed by atoms with Gasteiger partial charge in [-0.25, -0.2) is 13.6 Å². The largest absolute Gasteiger partial charge is 0.421 e. The number of allylic oxidation sites excluding steroid dienone is 4. The summed E-state index contributed by atoms with van der Waals surface area (Å²) in [5.74, 6) is -6.42. The third-order valence-electron chi connectivity index (χ3n) is 9.83. The number of aliphatic hydroxyl groups is 1. The van der Waals surface area contributed by atoms with E-state index in [-0.39, 0.29) is 36.2 Å². The van der Waals surface area contributed by atoms with Crippen molar-refractivity contribution in [2.75, 3.05) is 6.61 Å². The van der Waals surface area contributed by atoms with Gasteiger partial charge in [0.2, 0.25) is 11.6 Å². The molecule has 9 atom stereocenters.